The van der Waals surface area contributed by atoms with Gasteiger partial charge >= 0.3 is 12.1 Å². The Labute approximate surface area is 109 Å². The van der Waals surface area contributed by atoms with Crippen LogP contribution in [0.1, 0.15) is 11.6 Å². The first-order valence-electron chi connectivity index (χ1n) is 4.52. The lowest BCUT2D eigenvalue weighted by atomic mass is 9.99. The molecular formula is C9H8ClF5N2O2. The molecule has 0 aromatic heterocycles. The zero-order valence-electron chi connectivity index (χ0n) is 9.03. The van der Waals surface area contributed by atoms with Crippen LogP contribution in [0.25, 0.3) is 0 Å². The molecule has 0 aliphatic rings. The fraction of sp³-hybridized carbons (Fsp3) is 0.333. The maximum absolute atomic E-state index is 13.0. The summed E-state index contributed by atoms with van der Waals surface area (Å²) in [5.74, 6) is -5.25. The van der Waals surface area contributed by atoms with Gasteiger partial charge < -0.3 is 5.73 Å². The molecule has 0 amide bonds. The van der Waals surface area contributed by atoms with Crippen LogP contribution in [-0.2, 0) is 0 Å². The smallest absolute Gasteiger partial charge is 0.318 e. The molecule has 0 saturated heterocycles. The molecule has 0 radical (unpaired) electrons. The largest absolute Gasteiger partial charge is 0.455 e. The highest BCUT2D eigenvalue weighted by atomic mass is 35.5. The summed E-state index contributed by atoms with van der Waals surface area (Å²) < 4.78 is 62.3. The van der Waals surface area contributed by atoms with E-state index in [2.05, 4.69) is 0 Å². The van der Waals surface area contributed by atoms with Crippen molar-refractivity contribution in [3.05, 3.63) is 39.9 Å². The molecule has 0 bridgehead atoms. The molecule has 19 heavy (non-hydrogen) atoms. The minimum Gasteiger partial charge on any atom is -0.318 e. The molecule has 0 aliphatic heterocycles. The van der Waals surface area contributed by atoms with Crippen molar-refractivity contribution in [2.24, 2.45) is 5.73 Å². The summed E-state index contributed by atoms with van der Waals surface area (Å²) in [5, 5.41) is 10.5. The van der Waals surface area contributed by atoms with Gasteiger partial charge in [0.05, 0.1) is 10.5 Å². The molecule has 0 aliphatic carbocycles. The van der Waals surface area contributed by atoms with Crippen molar-refractivity contribution in [3.8, 4) is 0 Å². The molecular weight excluding hydrogens is 299 g/mol. The van der Waals surface area contributed by atoms with Crippen LogP contribution in [0.3, 0.4) is 0 Å². The van der Waals surface area contributed by atoms with Crippen molar-refractivity contribution in [1.82, 2.24) is 0 Å². The Kier molecular flexibility index (Phi) is 5.22. The highest BCUT2D eigenvalue weighted by Gasteiger charge is 2.62. The molecule has 1 aromatic carbocycles. The molecule has 0 saturated carbocycles. The molecule has 1 rings (SSSR count). The third kappa shape index (κ3) is 3.29. The normalized spacial score (nSPS) is 13.6. The van der Waals surface area contributed by atoms with Crippen LogP contribution in [0, 0.1) is 10.1 Å². The van der Waals surface area contributed by atoms with Gasteiger partial charge in [-0.15, -0.1) is 12.4 Å². The number of benzene rings is 1. The third-order valence-corrected chi connectivity index (χ3v) is 2.24. The SMILES string of the molecule is Cl.N[C@@H](c1ccccc1[N+](=O)[O-])C(F)(F)C(F)(F)F. The van der Waals surface area contributed by atoms with Gasteiger partial charge in [0, 0.05) is 6.07 Å². The van der Waals surface area contributed by atoms with Crippen molar-refractivity contribution in [2.75, 3.05) is 0 Å². The Bertz CT molecular complexity index is 466. The summed E-state index contributed by atoms with van der Waals surface area (Å²) in [6, 6.07) is 0.970. The second kappa shape index (κ2) is 5.66. The molecule has 0 spiro atoms. The lowest BCUT2D eigenvalue weighted by Gasteiger charge is -2.25. The number of hydrogen-bond donors (Lipinski definition) is 1. The van der Waals surface area contributed by atoms with Gasteiger partial charge in [-0.05, 0) is 0 Å². The van der Waals surface area contributed by atoms with Crippen molar-refractivity contribution < 1.29 is 26.9 Å². The minimum atomic E-state index is -5.88. The van der Waals surface area contributed by atoms with Crippen molar-refractivity contribution in [3.63, 3.8) is 0 Å². The number of nitrogens with two attached hydrogens (primary N) is 1. The van der Waals surface area contributed by atoms with Crippen LogP contribution in [0.2, 0.25) is 0 Å². The molecule has 10 heteroatoms. The Morgan fingerprint density at radius 1 is 1.16 bits per heavy atom. The van der Waals surface area contributed by atoms with Crippen molar-refractivity contribution >= 4 is 18.1 Å². The lowest BCUT2D eigenvalue weighted by molar-refractivity contribution is -0.386. The minimum absolute atomic E-state index is 0. The maximum Gasteiger partial charge on any atom is 0.455 e. The summed E-state index contributed by atoms with van der Waals surface area (Å²) in [6.45, 7) is 0. The van der Waals surface area contributed by atoms with E-state index in [9.17, 15) is 32.1 Å². The summed E-state index contributed by atoms with van der Waals surface area (Å²) in [4.78, 5) is 9.46. The Hall–Kier alpha value is -1.48. The Balaban J connectivity index is 0.00000324. The topological polar surface area (TPSA) is 69.2 Å². The molecule has 4 nitrogen and oxygen atoms in total. The number of halogens is 6. The highest BCUT2D eigenvalue weighted by Crippen LogP contribution is 2.44. The van der Waals surface area contributed by atoms with E-state index in [0.29, 0.717) is 0 Å². The number of rotatable bonds is 3. The predicted octanol–water partition coefficient (Wildman–Crippen LogP) is 3.21. The molecule has 1 atom stereocenters. The van der Waals surface area contributed by atoms with Crippen molar-refractivity contribution in [2.45, 2.75) is 18.1 Å². The van der Waals surface area contributed by atoms with E-state index in [1.165, 1.54) is 0 Å². The molecule has 2 N–H and O–H groups in total. The molecule has 0 unspecified atom stereocenters. The quantitative estimate of drug-likeness (QED) is 0.529. The number of alkyl halides is 5. The first kappa shape index (κ1) is 17.5. The summed E-state index contributed by atoms with van der Waals surface area (Å²) in [7, 11) is 0. The monoisotopic (exact) mass is 306 g/mol. The van der Waals surface area contributed by atoms with Gasteiger partial charge in [0.15, 0.2) is 0 Å². The van der Waals surface area contributed by atoms with Crippen LogP contribution in [0.5, 0.6) is 0 Å². The number of nitro groups is 1. The van der Waals surface area contributed by atoms with E-state index >= 15 is 0 Å². The average molecular weight is 307 g/mol. The van der Waals surface area contributed by atoms with E-state index in [1.807, 2.05) is 0 Å². The second-order valence-electron chi connectivity index (χ2n) is 3.41. The van der Waals surface area contributed by atoms with Crippen LogP contribution >= 0.6 is 12.4 Å². The van der Waals surface area contributed by atoms with E-state index in [0.717, 1.165) is 24.3 Å². The summed E-state index contributed by atoms with van der Waals surface area (Å²) in [5.41, 5.74) is 3.07. The molecule has 108 valence electrons. The predicted molar refractivity (Wildman–Crippen MR) is 58.3 cm³/mol. The third-order valence-electron chi connectivity index (χ3n) is 2.24. The van der Waals surface area contributed by atoms with Gasteiger partial charge in [-0.2, -0.15) is 22.0 Å². The van der Waals surface area contributed by atoms with Gasteiger partial charge in [0.2, 0.25) is 0 Å². The van der Waals surface area contributed by atoms with Gasteiger partial charge in [0.1, 0.15) is 6.04 Å². The van der Waals surface area contributed by atoms with Crippen LogP contribution in [0.15, 0.2) is 24.3 Å². The fourth-order valence-electron chi connectivity index (χ4n) is 1.29. The molecule has 1 aromatic rings. The van der Waals surface area contributed by atoms with E-state index in [-0.39, 0.29) is 12.4 Å². The summed E-state index contributed by atoms with van der Waals surface area (Å²) >= 11 is 0. The number of para-hydroxylation sites is 1. The first-order valence-corrected chi connectivity index (χ1v) is 4.52. The first-order chi connectivity index (χ1) is 8.09. The van der Waals surface area contributed by atoms with E-state index in [4.69, 9.17) is 5.73 Å². The standard InChI is InChI=1S/C9H7F5N2O2.ClH/c10-8(11,9(12,13)14)7(15)5-3-1-2-4-6(5)16(17)18;/h1-4,7H,15H2;1H/t7-;/m0./s1. The highest BCUT2D eigenvalue weighted by molar-refractivity contribution is 5.85. The molecule has 0 heterocycles. The maximum atomic E-state index is 13.0. The van der Waals surface area contributed by atoms with Crippen LogP contribution in [-0.4, -0.2) is 17.0 Å². The van der Waals surface area contributed by atoms with Gasteiger partial charge in [-0.25, -0.2) is 0 Å². The number of nitrogens with zero attached hydrogens (tertiary/aromatic N) is 1. The summed E-state index contributed by atoms with van der Waals surface area (Å²) in [6.07, 6.45) is -5.88. The Morgan fingerprint density at radius 3 is 2.05 bits per heavy atom. The van der Waals surface area contributed by atoms with E-state index in [1.54, 1.807) is 0 Å². The fourth-order valence-corrected chi connectivity index (χ4v) is 1.29. The van der Waals surface area contributed by atoms with Crippen LogP contribution in [0.4, 0.5) is 27.6 Å². The van der Waals surface area contributed by atoms with Gasteiger partial charge in [0.25, 0.3) is 5.69 Å². The number of nitro benzene ring substituents is 1. The number of hydrogen-bond acceptors (Lipinski definition) is 3. The van der Waals surface area contributed by atoms with Crippen LogP contribution < -0.4 is 5.73 Å². The van der Waals surface area contributed by atoms with Gasteiger partial charge in [-0.1, -0.05) is 18.2 Å². The lowest BCUT2D eigenvalue weighted by Crippen LogP contribution is -2.46. The second-order valence-corrected chi connectivity index (χ2v) is 3.41. The zero-order valence-corrected chi connectivity index (χ0v) is 9.84. The Morgan fingerprint density at radius 2 is 1.63 bits per heavy atom. The van der Waals surface area contributed by atoms with E-state index < -0.39 is 34.3 Å². The zero-order chi connectivity index (χ0) is 14.1. The average Bonchev–Trinajstić information content (AvgIpc) is 2.26. The van der Waals surface area contributed by atoms with Gasteiger partial charge in [-0.3, -0.25) is 10.1 Å². The molecule has 0 fully saturated rings. The van der Waals surface area contributed by atoms with Crippen molar-refractivity contribution in [1.29, 1.82) is 0 Å².